The molecule has 0 radical (unpaired) electrons. The van der Waals surface area contributed by atoms with E-state index in [0.29, 0.717) is 16.4 Å². The number of carbonyl (C=O) groups excluding carboxylic acids is 1. The molecule has 1 aromatic carbocycles. The van der Waals surface area contributed by atoms with Gasteiger partial charge in [0.2, 0.25) is 27.0 Å². The molecule has 11 heteroatoms. The number of aromatic nitrogens is 3. The number of thioether (sulfide) groups is 1. The topological polar surface area (TPSA) is 157 Å². The summed E-state index contributed by atoms with van der Waals surface area (Å²) in [6.07, 6.45) is 0. The van der Waals surface area contributed by atoms with Crippen LogP contribution in [0.15, 0.2) is 28.3 Å². The van der Waals surface area contributed by atoms with E-state index in [1.807, 2.05) is 0 Å². The van der Waals surface area contributed by atoms with E-state index >= 15 is 0 Å². The van der Waals surface area contributed by atoms with Gasteiger partial charge in [0.1, 0.15) is 0 Å². The van der Waals surface area contributed by atoms with Crippen molar-refractivity contribution in [1.29, 1.82) is 0 Å². The van der Waals surface area contributed by atoms with Gasteiger partial charge in [0.15, 0.2) is 0 Å². The van der Waals surface area contributed by atoms with Crippen molar-refractivity contribution in [3.8, 4) is 0 Å². The van der Waals surface area contributed by atoms with E-state index in [1.54, 1.807) is 13.0 Å². The van der Waals surface area contributed by atoms with Gasteiger partial charge in [0.25, 0.3) is 0 Å². The maximum atomic E-state index is 11.9. The monoisotopic (exact) mass is 342 g/mol. The molecule has 2 aromatic rings. The van der Waals surface area contributed by atoms with E-state index in [-0.39, 0.29) is 22.5 Å². The highest BCUT2D eigenvalue weighted by atomic mass is 32.2. The molecule has 0 aliphatic heterocycles. The molecule has 1 heterocycles. The number of hydrogen-bond acceptors (Lipinski definition) is 7. The van der Waals surface area contributed by atoms with Crippen molar-refractivity contribution in [2.75, 3.05) is 16.8 Å². The van der Waals surface area contributed by atoms with Crippen LogP contribution in [0.25, 0.3) is 0 Å². The Morgan fingerprint density at radius 1 is 1.45 bits per heavy atom. The summed E-state index contributed by atoms with van der Waals surface area (Å²) >= 11 is 1.10. The molecule has 1 aromatic heterocycles. The summed E-state index contributed by atoms with van der Waals surface area (Å²) in [5.74, 6) is -0.112. The third-order valence-corrected chi connectivity index (χ3v) is 4.38. The molecular formula is C11H14N6O3S2. The number of H-pyrrole nitrogens is 1. The van der Waals surface area contributed by atoms with E-state index in [4.69, 9.17) is 10.9 Å². The van der Waals surface area contributed by atoms with Crippen molar-refractivity contribution >= 4 is 39.3 Å². The summed E-state index contributed by atoms with van der Waals surface area (Å²) in [5.41, 5.74) is 6.47. The van der Waals surface area contributed by atoms with Crippen molar-refractivity contribution in [3.63, 3.8) is 0 Å². The molecule has 6 N–H and O–H groups in total. The van der Waals surface area contributed by atoms with Gasteiger partial charge < -0.3 is 11.1 Å². The number of hydrogen-bond donors (Lipinski definition) is 4. The lowest BCUT2D eigenvalue weighted by molar-refractivity contribution is -0.113. The minimum atomic E-state index is -3.82. The SMILES string of the molecule is Cc1ccc(S(N)(=O)=O)cc1NC(=O)CSc1n[nH]c(N)n1. The number of carbonyl (C=O) groups is 1. The van der Waals surface area contributed by atoms with Gasteiger partial charge in [-0.3, -0.25) is 4.79 Å². The molecule has 22 heavy (non-hydrogen) atoms. The fourth-order valence-corrected chi connectivity index (χ4v) is 2.70. The number of aryl methyl sites for hydroxylation is 1. The molecule has 0 spiro atoms. The molecule has 0 saturated carbocycles. The molecule has 9 nitrogen and oxygen atoms in total. The van der Waals surface area contributed by atoms with Crippen LogP contribution in [0.2, 0.25) is 0 Å². The maximum Gasteiger partial charge on any atom is 0.238 e. The Bertz CT molecular complexity index is 802. The Kier molecular flexibility index (Phi) is 4.68. The number of nitrogens with two attached hydrogens (primary N) is 2. The number of nitrogens with zero attached hydrogens (tertiary/aromatic N) is 2. The molecule has 0 atom stereocenters. The first-order valence-electron chi connectivity index (χ1n) is 5.99. The third-order valence-electron chi connectivity index (χ3n) is 2.63. The van der Waals surface area contributed by atoms with Gasteiger partial charge in [0.05, 0.1) is 10.6 Å². The summed E-state index contributed by atoms with van der Waals surface area (Å²) in [4.78, 5) is 15.7. The lowest BCUT2D eigenvalue weighted by Gasteiger charge is -2.09. The predicted molar refractivity (Wildman–Crippen MR) is 82.7 cm³/mol. The largest absolute Gasteiger partial charge is 0.368 e. The Balaban J connectivity index is 2.05. The summed E-state index contributed by atoms with van der Waals surface area (Å²) in [5, 5.41) is 14.3. The van der Waals surface area contributed by atoms with E-state index in [2.05, 4.69) is 20.5 Å². The molecule has 0 fully saturated rings. The van der Waals surface area contributed by atoms with Crippen molar-refractivity contribution < 1.29 is 13.2 Å². The molecule has 0 bridgehead atoms. The average Bonchev–Trinajstić information content (AvgIpc) is 2.83. The quantitative estimate of drug-likeness (QED) is 0.560. The van der Waals surface area contributed by atoms with Crippen molar-refractivity contribution in [3.05, 3.63) is 23.8 Å². The second-order valence-electron chi connectivity index (χ2n) is 4.36. The van der Waals surface area contributed by atoms with Crippen molar-refractivity contribution in [2.45, 2.75) is 17.0 Å². The molecule has 1 amide bonds. The minimum Gasteiger partial charge on any atom is -0.368 e. The van der Waals surface area contributed by atoms with Gasteiger partial charge in [-0.2, -0.15) is 4.98 Å². The average molecular weight is 342 g/mol. The molecule has 0 aliphatic rings. The Morgan fingerprint density at radius 3 is 2.77 bits per heavy atom. The Hall–Kier alpha value is -2.11. The van der Waals surface area contributed by atoms with Crippen LogP contribution in [-0.2, 0) is 14.8 Å². The van der Waals surface area contributed by atoms with Crippen LogP contribution in [-0.4, -0.2) is 35.3 Å². The van der Waals surface area contributed by atoms with Crippen molar-refractivity contribution in [1.82, 2.24) is 15.2 Å². The van der Waals surface area contributed by atoms with E-state index < -0.39 is 10.0 Å². The van der Waals surface area contributed by atoms with Gasteiger partial charge in [0, 0.05) is 5.69 Å². The Labute approximate surface area is 130 Å². The standard InChI is InChI=1S/C11H14N6O3S2/c1-6-2-3-7(22(13,19)20)4-8(6)14-9(18)5-21-11-15-10(12)16-17-11/h2-4H,5H2,1H3,(H,14,18)(H2,13,19,20)(H3,12,15,16,17). The van der Waals surface area contributed by atoms with Gasteiger partial charge in [-0.15, -0.1) is 5.10 Å². The third kappa shape index (κ3) is 4.19. The summed E-state index contributed by atoms with van der Waals surface area (Å²) < 4.78 is 22.6. The lowest BCUT2D eigenvalue weighted by atomic mass is 10.2. The molecular weight excluding hydrogens is 328 g/mol. The number of sulfonamides is 1. The van der Waals surface area contributed by atoms with Crippen LogP contribution in [0.5, 0.6) is 0 Å². The van der Waals surface area contributed by atoms with E-state index in [9.17, 15) is 13.2 Å². The zero-order valence-electron chi connectivity index (χ0n) is 11.5. The van der Waals surface area contributed by atoms with Crippen molar-refractivity contribution in [2.24, 2.45) is 5.14 Å². The number of benzene rings is 1. The van der Waals surface area contributed by atoms with E-state index in [0.717, 1.165) is 11.8 Å². The van der Waals surface area contributed by atoms with Crippen LogP contribution in [0.1, 0.15) is 5.56 Å². The first-order valence-corrected chi connectivity index (χ1v) is 8.53. The fraction of sp³-hybridized carbons (Fsp3) is 0.182. The Morgan fingerprint density at radius 2 is 2.18 bits per heavy atom. The predicted octanol–water partition coefficient (Wildman–Crippen LogP) is 0.0735. The number of aromatic amines is 1. The van der Waals surface area contributed by atoms with Crippen LogP contribution in [0.3, 0.4) is 0 Å². The molecule has 0 unspecified atom stereocenters. The van der Waals surface area contributed by atoms with Crippen LogP contribution >= 0.6 is 11.8 Å². The summed E-state index contributed by atoms with van der Waals surface area (Å²) in [6, 6.07) is 4.27. The maximum absolute atomic E-state index is 11.9. The summed E-state index contributed by atoms with van der Waals surface area (Å²) in [7, 11) is -3.82. The zero-order valence-corrected chi connectivity index (χ0v) is 13.2. The van der Waals surface area contributed by atoms with Gasteiger partial charge in [-0.05, 0) is 24.6 Å². The number of nitrogen functional groups attached to an aromatic ring is 1. The number of rotatable bonds is 5. The fourth-order valence-electron chi connectivity index (χ4n) is 1.55. The smallest absolute Gasteiger partial charge is 0.238 e. The zero-order chi connectivity index (χ0) is 16.3. The minimum absolute atomic E-state index is 0.0519. The van der Waals surface area contributed by atoms with Crippen LogP contribution < -0.4 is 16.2 Å². The molecule has 0 aliphatic carbocycles. The molecule has 2 rings (SSSR count). The number of amides is 1. The number of nitrogens with one attached hydrogen (secondary N) is 2. The van der Waals surface area contributed by atoms with Gasteiger partial charge in [-0.1, -0.05) is 17.8 Å². The normalized spacial score (nSPS) is 11.4. The van der Waals surface area contributed by atoms with Gasteiger partial charge >= 0.3 is 0 Å². The molecule has 118 valence electrons. The second-order valence-corrected chi connectivity index (χ2v) is 6.87. The highest BCUT2D eigenvalue weighted by molar-refractivity contribution is 7.99. The number of anilines is 2. The van der Waals surface area contributed by atoms with Gasteiger partial charge in [-0.25, -0.2) is 18.7 Å². The highest BCUT2D eigenvalue weighted by Crippen LogP contribution is 2.20. The highest BCUT2D eigenvalue weighted by Gasteiger charge is 2.12. The summed E-state index contributed by atoms with van der Waals surface area (Å²) in [6.45, 7) is 1.74. The first kappa shape index (κ1) is 16.3. The molecule has 0 saturated heterocycles. The van der Waals surface area contributed by atoms with Crippen LogP contribution in [0.4, 0.5) is 11.6 Å². The van der Waals surface area contributed by atoms with E-state index in [1.165, 1.54) is 12.1 Å². The lowest BCUT2D eigenvalue weighted by Crippen LogP contribution is -2.17. The van der Waals surface area contributed by atoms with Crippen LogP contribution in [0, 0.1) is 6.92 Å². The first-order chi connectivity index (χ1) is 10.3. The second kappa shape index (κ2) is 6.34. The number of primary sulfonamides is 1.